The molecule has 3 nitrogen and oxygen atoms in total. The topological polar surface area (TPSA) is 51.0 Å². The molecule has 0 aromatic carbocycles. The molecule has 0 saturated carbocycles. The van der Waals surface area contributed by atoms with Crippen molar-refractivity contribution in [2.24, 2.45) is 0 Å². The molecule has 13 heavy (non-hydrogen) atoms. The van der Waals surface area contributed by atoms with Crippen molar-refractivity contribution in [3.63, 3.8) is 0 Å². The van der Waals surface area contributed by atoms with E-state index in [0.717, 1.165) is 0 Å². The minimum atomic E-state index is -0.261. The number of hydrogen-bond acceptors (Lipinski definition) is 2. The Labute approximate surface area is 85.4 Å². The Kier molecular flexibility index (Phi) is 3.17. The maximum Gasteiger partial charge on any atom is 0.247 e. The molecule has 0 aromatic rings. The first-order valence-corrected chi connectivity index (χ1v) is 4.06. The highest BCUT2D eigenvalue weighted by Crippen LogP contribution is 2.34. The lowest BCUT2D eigenvalue weighted by molar-refractivity contribution is -0.118. The fraction of sp³-hybridized carbons (Fsp3) is 0.667. The Morgan fingerprint density at radius 1 is 1.38 bits per heavy atom. The molecule has 1 saturated heterocycles. The molecule has 1 fully saturated rings. The Morgan fingerprint density at radius 3 is 2.00 bits per heavy atom. The van der Waals surface area contributed by atoms with Crippen molar-refractivity contribution < 1.29 is 4.79 Å². The molecule has 1 unspecified atom stereocenters. The number of hydrogen-bond donors (Lipinski definition) is 2. The minimum absolute atomic E-state index is 0. The predicted octanol–water partition coefficient (Wildman–Crippen LogP) is 1.20. The SMILES string of the molecule is C=C(C)C(=O)NC1(C)NC1(C)C.Cl. The molecule has 0 aromatic heterocycles. The van der Waals surface area contributed by atoms with Crippen LogP contribution in [0.3, 0.4) is 0 Å². The van der Waals surface area contributed by atoms with Gasteiger partial charge in [0.05, 0.1) is 5.54 Å². The summed E-state index contributed by atoms with van der Waals surface area (Å²) in [6, 6.07) is 0. The highest BCUT2D eigenvalue weighted by molar-refractivity contribution is 5.93. The van der Waals surface area contributed by atoms with E-state index in [4.69, 9.17) is 0 Å². The van der Waals surface area contributed by atoms with Gasteiger partial charge in [-0.25, -0.2) is 0 Å². The van der Waals surface area contributed by atoms with Crippen LogP contribution in [0.4, 0.5) is 0 Å². The molecule has 1 aliphatic rings. The van der Waals surface area contributed by atoms with Gasteiger partial charge in [0.2, 0.25) is 5.91 Å². The van der Waals surface area contributed by atoms with E-state index in [1.165, 1.54) is 0 Å². The molecule has 1 heterocycles. The average Bonchev–Trinajstić information content (AvgIpc) is 2.30. The minimum Gasteiger partial charge on any atom is -0.333 e. The zero-order valence-corrected chi connectivity index (χ0v) is 9.34. The number of carbonyl (C=O) groups excluding carboxylic acids is 1. The summed E-state index contributed by atoms with van der Waals surface area (Å²) in [4.78, 5) is 11.2. The first-order valence-electron chi connectivity index (χ1n) is 4.06. The standard InChI is InChI=1S/C9H16N2O.ClH/c1-6(2)7(12)10-9(5)8(3,4)11-9;/h11H,1H2,2-5H3,(H,10,12);1H. The van der Waals surface area contributed by atoms with Crippen molar-refractivity contribution in [3.05, 3.63) is 12.2 Å². The monoisotopic (exact) mass is 204 g/mol. The largest absolute Gasteiger partial charge is 0.333 e. The molecule has 0 aliphatic carbocycles. The van der Waals surface area contributed by atoms with Crippen molar-refractivity contribution in [2.75, 3.05) is 0 Å². The Hall–Kier alpha value is -0.540. The van der Waals surface area contributed by atoms with E-state index in [-0.39, 0.29) is 29.5 Å². The summed E-state index contributed by atoms with van der Waals surface area (Å²) >= 11 is 0. The third-order valence-corrected chi connectivity index (χ3v) is 2.50. The van der Waals surface area contributed by atoms with Crippen LogP contribution in [0.25, 0.3) is 0 Å². The van der Waals surface area contributed by atoms with E-state index in [0.29, 0.717) is 5.57 Å². The van der Waals surface area contributed by atoms with Crippen LogP contribution in [-0.2, 0) is 4.79 Å². The molecule has 1 rings (SSSR count). The Bertz CT molecular complexity index is 250. The summed E-state index contributed by atoms with van der Waals surface area (Å²) in [5.74, 6) is -0.0874. The predicted molar refractivity (Wildman–Crippen MR) is 55.8 cm³/mol. The summed E-state index contributed by atoms with van der Waals surface area (Å²) < 4.78 is 0. The molecule has 1 aliphatic heterocycles. The van der Waals surface area contributed by atoms with Crippen molar-refractivity contribution in [1.82, 2.24) is 10.6 Å². The molecule has 0 bridgehead atoms. The Balaban J connectivity index is 0.00000144. The zero-order chi connectivity index (χ0) is 9.57. The van der Waals surface area contributed by atoms with E-state index >= 15 is 0 Å². The highest BCUT2D eigenvalue weighted by Gasteiger charge is 2.58. The van der Waals surface area contributed by atoms with Crippen molar-refractivity contribution in [3.8, 4) is 0 Å². The molecule has 2 N–H and O–H groups in total. The van der Waals surface area contributed by atoms with Gasteiger partial charge in [0, 0.05) is 5.57 Å². The van der Waals surface area contributed by atoms with Gasteiger partial charge in [-0.15, -0.1) is 12.4 Å². The molecule has 1 atom stereocenters. The molecule has 0 radical (unpaired) electrons. The molecule has 4 heteroatoms. The van der Waals surface area contributed by atoms with Crippen LogP contribution in [0.2, 0.25) is 0 Å². The maximum absolute atomic E-state index is 11.2. The van der Waals surface area contributed by atoms with E-state index in [2.05, 4.69) is 17.2 Å². The highest BCUT2D eigenvalue weighted by atomic mass is 35.5. The fourth-order valence-corrected chi connectivity index (χ4v) is 1.12. The first-order chi connectivity index (χ1) is 5.28. The van der Waals surface area contributed by atoms with Crippen LogP contribution in [-0.4, -0.2) is 17.1 Å². The Morgan fingerprint density at radius 2 is 1.77 bits per heavy atom. The summed E-state index contributed by atoms with van der Waals surface area (Å²) in [6.07, 6.45) is 0. The van der Waals surface area contributed by atoms with Gasteiger partial charge in [0.15, 0.2) is 0 Å². The van der Waals surface area contributed by atoms with Crippen LogP contribution >= 0.6 is 12.4 Å². The van der Waals surface area contributed by atoms with Crippen molar-refractivity contribution in [1.29, 1.82) is 0 Å². The number of rotatable bonds is 2. The fourth-order valence-electron chi connectivity index (χ4n) is 1.12. The molecule has 76 valence electrons. The summed E-state index contributed by atoms with van der Waals surface area (Å²) in [6.45, 7) is 11.3. The maximum atomic E-state index is 11.2. The summed E-state index contributed by atoms with van der Waals surface area (Å²) in [7, 11) is 0. The van der Waals surface area contributed by atoms with Crippen molar-refractivity contribution in [2.45, 2.75) is 38.9 Å². The second-order valence-electron chi connectivity index (χ2n) is 4.11. The van der Waals surface area contributed by atoms with Gasteiger partial charge in [0.25, 0.3) is 0 Å². The van der Waals surface area contributed by atoms with Gasteiger partial charge in [-0.1, -0.05) is 6.58 Å². The lowest BCUT2D eigenvalue weighted by atomic mass is 10.1. The first kappa shape index (κ1) is 12.5. The van der Waals surface area contributed by atoms with Crippen LogP contribution in [0.1, 0.15) is 27.7 Å². The number of halogens is 1. The lowest BCUT2D eigenvalue weighted by Gasteiger charge is -2.13. The molecule has 1 amide bonds. The number of carbonyl (C=O) groups is 1. The van der Waals surface area contributed by atoms with E-state index in [9.17, 15) is 4.79 Å². The average molecular weight is 205 g/mol. The van der Waals surface area contributed by atoms with Crippen LogP contribution < -0.4 is 10.6 Å². The van der Waals surface area contributed by atoms with Gasteiger partial charge in [-0.3, -0.25) is 10.1 Å². The van der Waals surface area contributed by atoms with E-state index in [1.807, 2.05) is 20.8 Å². The van der Waals surface area contributed by atoms with Crippen molar-refractivity contribution >= 4 is 18.3 Å². The molecule has 0 spiro atoms. The van der Waals surface area contributed by atoms with Gasteiger partial charge in [-0.2, -0.15) is 0 Å². The quantitative estimate of drug-likeness (QED) is 0.525. The molecular weight excluding hydrogens is 188 g/mol. The van der Waals surface area contributed by atoms with Gasteiger partial charge < -0.3 is 5.32 Å². The van der Waals surface area contributed by atoms with Crippen LogP contribution in [0.15, 0.2) is 12.2 Å². The second kappa shape index (κ2) is 3.31. The number of nitrogens with one attached hydrogen (secondary N) is 2. The van der Waals surface area contributed by atoms with E-state index in [1.54, 1.807) is 6.92 Å². The third-order valence-electron chi connectivity index (χ3n) is 2.50. The summed E-state index contributed by atoms with van der Waals surface area (Å²) in [5, 5.41) is 6.07. The third kappa shape index (κ3) is 2.23. The normalized spacial score (nSPS) is 28.6. The number of amides is 1. The zero-order valence-electron chi connectivity index (χ0n) is 8.52. The van der Waals surface area contributed by atoms with Gasteiger partial charge in [0.1, 0.15) is 5.66 Å². The smallest absolute Gasteiger partial charge is 0.247 e. The lowest BCUT2D eigenvalue weighted by Crippen LogP contribution is -2.41. The van der Waals surface area contributed by atoms with Crippen LogP contribution in [0.5, 0.6) is 0 Å². The van der Waals surface area contributed by atoms with Gasteiger partial charge in [-0.05, 0) is 27.7 Å². The summed E-state index contributed by atoms with van der Waals surface area (Å²) in [5.41, 5.74) is 0.280. The second-order valence-corrected chi connectivity index (χ2v) is 4.11. The van der Waals surface area contributed by atoms with E-state index < -0.39 is 0 Å². The molecular formula is C9H17ClN2O. The van der Waals surface area contributed by atoms with Gasteiger partial charge >= 0.3 is 0 Å². The van der Waals surface area contributed by atoms with Crippen LogP contribution in [0, 0.1) is 0 Å².